The maximum absolute atomic E-state index is 6.17. The second-order valence-electron chi connectivity index (χ2n) is 5.32. The zero-order valence-electron chi connectivity index (χ0n) is 10.8. The minimum absolute atomic E-state index is 0.318. The second kappa shape index (κ2) is 5.03. The van der Waals surface area contributed by atoms with Gasteiger partial charge in [0.05, 0.1) is 18.8 Å². The predicted molar refractivity (Wildman–Crippen MR) is 64.6 cm³/mol. The first-order chi connectivity index (χ1) is 7.70. The summed E-state index contributed by atoms with van der Waals surface area (Å²) in [6.07, 6.45) is 4.19. The Kier molecular flexibility index (Phi) is 3.88. The largest absolute Gasteiger partial charge is 0.379 e. The minimum Gasteiger partial charge on any atom is -0.379 e. The normalized spacial score (nSPS) is 43.3. The van der Waals surface area contributed by atoms with E-state index in [1.54, 1.807) is 0 Å². The highest BCUT2D eigenvalue weighted by atomic mass is 16.6. The molecule has 0 aromatic heterocycles. The molecule has 1 heterocycles. The third kappa shape index (κ3) is 2.13. The molecule has 1 saturated heterocycles. The lowest BCUT2D eigenvalue weighted by Gasteiger charge is -2.54. The zero-order valence-corrected chi connectivity index (χ0v) is 10.8. The van der Waals surface area contributed by atoms with E-state index >= 15 is 0 Å². The van der Waals surface area contributed by atoms with Crippen LogP contribution in [0, 0.1) is 5.41 Å². The Bertz CT molecular complexity index is 228. The van der Waals surface area contributed by atoms with Crippen LogP contribution in [0.2, 0.25) is 0 Å². The molecule has 0 aromatic rings. The van der Waals surface area contributed by atoms with E-state index < -0.39 is 0 Å². The van der Waals surface area contributed by atoms with Crippen LogP contribution in [0.25, 0.3) is 0 Å². The van der Waals surface area contributed by atoms with E-state index in [9.17, 15) is 0 Å². The Morgan fingerprint density at radius 3 is 2.81 bits per heavy atom. The van der Waals surface area contributed by atoms with Crippen molar-refractivity contribution in [1.29, 1.82) is 0 Å². The Labute approximate surface area is 98.9 Å². The van der Waals surface area contributed by atoms with Gasteiger partial charge in [-0.1, -0.05) is 20.8 Å². The van der Waals surface area contributed by atoms with Crippen molar-refractivity contribution in [2.24, 2.45) is 5.41 Å². The number of hydrogen-bond acceptors (Lipinski definition) is 3. The Balaban J connectivity index is 1.86. The van der Waals surface area contributed by atoms with Crippen LogP contribution in [-0.4, -0.2) is 38.0 Å². The molecule has 1 aliphatic heterocycles. The molecule has 3 nitrogen and oxygen atoms in total. The van der Waals surface area contributed by atoms with E-state index in [0.717, 1.165) is 32.6 Å². The molecule has 94 valence electrons. The molecule has 1 N–H and O–H groups in total. The molecule has 2 rings (SSSR count). The van der Waals surface area contributed by atoms with Crippen molar-refractivity contribution < 1.29 is 9.47 Å². The van der Waals surface area contributed by atoms with Crippen molar-refractivity contribution in [2.45, 2.75) is 58.3 Å². The van der Waals surface area contributed by atoms with Gasteiger partial charge in [0.1, 0.15) is 0 Å². The Hall–Kier alpha value is -0.120. The monoisotopic (exact) mass is 227 g/mol. The highest BCUT2D eigenvalue weighted by molar-refractivity contribution is 5.05. The molecule has 1 aliphatic carbocycles. The maximum Gasteiger partial charge on any atom is 0.0834 e. The van der Waals surface area contributed by atoms with Gasteiger partial charge in [-0.2, -0.15) is 0 Å². The van der Waals surface area contributed by atoms with Gasteiger partial charge in [0, 0.05) is 18.1 Å². The van der Waals surface area contributed by atoms with Crippen molar-refractivity contribution in [1.82, 2.24) is 5.32 Å². The van der Waals surface area contributed by atoms with Gasteiger partial charge in [-0.05, 0) is 25.8 Å². The standard InChI is InChI=1S/C13H25NO2/c1-4-13(3)11(14-5-2)8-12(13)16-10-6-7-15-9-10/h10-12,14H,4-9H2,1-3H3. The number of nitrogens with one attached hydrogen (secondary N) is 1. The fraction of sp³-hybridized carbons (Fsp3) is 1.00. The summed E-state index contributed by atoms with van der Waals surface area (Å²) in [5.74, 6) is 0. The molecule has 4 atom stereocenters. The Morgan fingerprint density at radius 2 is 2.25 bits per heavy atom. The van der Waals surface area contributed by atoms with E-state index in [2.05, 4.69) is 26.1 Å². The van der Waals surface area contributed by atoms with Crippen LogP contribution in [0.4, 0.5) is 0 Å². The number of hydrogen-bond donors (Lipinski definition) is 1. The number of ether oxygens (including phenoxy) is 2. The van der Waals surface area contributed by atoms with Gasteiger partial charge in [0.15, 0.2) is 0 Å². The summed E-state index contributed by atoms with van der Waals surface area (Å²) in [4.78, 5) is 0. The average Bonchev–Trinajstić information content (AvgIpc) is 2.79. The first kappa shape index (κ1) is 12.3. The average molecular weight is 227 g/mol. The summed E-state index contributed by atoms with van der Waals surface area (Å²) >= 11 is 0. The molecule has 1 saturated carbocycles. The highest BCUT2D eigenvalue weighted by Crippen LogP contribution is 2.46. The van der Waals surface area contributed by atoms with E-state index in [1.165, 1.54) is 6.42 Å². The van der Waals surface area contributed by atoms with E-state index in [0.29, 0.717) is 23.7 Å². The first-order valence-electron chi connectivity index (χ1n) is 6.67. The smallest absolute Gasteiger partial charge is 0.0834 e. The quantitative estimate of drug-likeness (QED) is 0.779. The molecule has 2 fully saturated rings. The lowest BCUT2D eigenvalue weighted by atomic mass is 9.61. The number of rotatable bonds is 5. The third-order valence-corrected chi connectivity index (χ3v) is 4.44. The first-order valence-corrected chi connectivity index (χ1v) is 6.67. The summed E-state index contributed by atoms with van der Waals surface area (Å²) in [7, 11) is 0. The van der Waals surface area contributed by atoms with Crippen LogP contribution in [0.5, 0.6) is 0 Å². The molecule has 0 bridgehead atoms. The molecule has 16 heavy (non-hydrogen) atoms. The van der Waals surface area contributed by atoms with Gasteiger partial charge in [0.25, 0.3) is 0 Å². The lowest BCUT2D eigenvalue weighted by molar-refractivity contribution is -0.155. The molecule has 4 unspecified atom stereocenters. The minimum atomic E-state index is 0.318. The summed E-state index contributed by atoms with van der Waals surface area (Å²) in [6, 6.07) is 0.634. The van der Waals surface area contributed by atoms with Gasteiger partial charge >= 0.3 is 0 Å². The molecule has 0 spiro atoms. The SMILES string of the molecule is CCNC1CC(OC2CCOC2)C1(C)CC. The maximum atomic E-state index is 6.17. The van der Waals surface area contributed by atoms with Crippen LogP contribution in [0.3, 0.4) is 0 Å². The fourth-order valence-electron chi connectivity index (χ4n) is 2.92. The van der Waals surface area contributed by atoms with Crippen LogP contribution < -0.4 is 5.32 Å². The Morgan fingerprint density at radius 1 is 1.44 bits per heavy atom. The van der Waals surface area contributed by atoms with Gasteiger partial charge in [0.2, 0.25) is 0 Å². The van der Waals surface area contributed by atoms with Crippen molar-refractivity contribution in [2.75, 3.05) is 19.8 Å². The van der Waals surface area contributed by atoms with E-state index in [1.807, 2.05) is 0 Å². The van der Waals surface area contributed by atoms with Crippen LogP contribution >= 0.6 is 0 Å². The zero-order chi connectivity index (χ0) is 11.6. The summed E-state index contributed by atoms with van der Waals surface area (Å²) < 4.78 is 11.5. The molecule has 3 heteroatoms. The van der Waals surface area contributed by atoms with E-state index in [4.69, 9.17) is 9.47 Å². The molecule has 0 amide bonds. The predicted octanol–water partition coefficient (Wildman–Crippen LogP) is 1.96. The van der Waals surface area contributed by atoms with Crippen molar-refractivity contribution in [3.63, 3.8) is 0 Å². The van der Waals surface area contributed by atoms with E-state index in [-0.39, 0.29) is 0 Å². The lowest BCUT2D eigenvalue weighted by Crippen LogP contribution is -2.62. The van der Waals surface area contributed by atoms with Gasteiger partial charge in [-0.25, -0.2) is 0 Å². The topological polar surface area (TPSA) is 30.5 Å². The summed E-state index contributed by atoms with van der Waals surface area (Å²) in [6.45, 7) is 9.52. The van der Waals surface area contributed by atoms with Gasteiger partial charge in [-0.3, -0.25) is 0 Å². The summed E-state index contributed by atoms with van der Waals surface area (Å²) in [5.41, 5.74) is 0.318. The molecule has 0 aromatic carbocycles. The van der Waals surface area contributed by atoms with Crippen molar-refractivity contribution in [3.05, 3.63) is 0 Å². The molecular weight excluding hydrogens is 202 g/mol. The third-order valence-electron chi connectivity index (χ3n) is 4.44. The van der Waals surface area contributed by atoms with Crippen LogP contribution in [0.15, 0.2) is 0 Å². The van der Waals surface area contributed by atoms with Gasteiger partial charge in [-0.15, -0.1) is 0 Å². The second-order valence-corrected chi connectivity index (χ2v) is 5.32. The summed E-state index contributed by atoms with van der Waals surface area (Å²) in [5, 5.41) is 3.57. The fourth-order valence-corrected chi connectivity index (χ4v) is 2.92. The van der Waals surface area contributed by atoms with Crippen LogP contribution in [-0.2, 0) is 9.47 Å². The van der Waals surface area contributed by atoms with Crippen LogP contribution in [0.1, 0.15) is 40.0 Å². The van der Waals surface area contributed by atoms with Crippen molar-refractivity contribution in [3.8, 4) is 0 Å². The molecular formula is C13H25NO2. The highest BCUT2D eigenvalue weighted by Gasteiger charge is 2.51. The van der Waals surface area contributed by atoms with Crippen molar-refractivity contribution >= 4 is 0 Å². The molecule has 2 aliphatic rings. The van der Waals surface area contributed by atoms with Gasteiger partial charge < -0.3 is 14.8 Å². The molecule has 0 radical (unpaired) electrons.